The van der Waals surface area contributed by atoms with E-state index in [0.29, 0.717) is 0 Å². The SMILES string of the molecule is CCNC1(C(=O)c2ccccc2)CCCC1. The molecule has 0 spiro atoms. The zero-order valence-corrected chi connectivity index (χ0v) is 9.83. The molecule has 2 heteroatoms. The molecule has 1 aromatic carbocycles. The molecule has 0 aliphatic heterocycles. The lowest BCUT2D eigenvalue weighted by Gasteiger charge is -2.28. The van der Waals surface area contributed by atoms with Crippen LogP contribution in [0.5, 0.6) is 0 Å². The first-order valence-electron chi connectivity index (χ1n) is 6.13. The fourth-order valence-corrected chi connectivity index (χ4v) is 2.67. The normalized spacial score (nSPS) is 18.6. The first kappa shape index (κ1) is 11.3. The molecule has 0 radical (unpaired) electrons. The minimum Gasteiger partial charge on any atom is -0.305 e. The van der Waals surface area contributed by atoms with Gasteiger partial charge in [-0.2, -0.15) is 0 Å². The van der Waals surface area contributed by atoms with Crippen LogP contribution in [-0.4, -0.2) is 17.9 Å². The molecule has 86 valence electrons. The Labute approximate surface area is 97.1 Å². The zero-order chi connectivity index (χ0) is 11.4. The van der Waals surface area contributed by atoms with Crippen molar-refractivity contribution in [3.05, 3.63) is 35.9 Å². The minimum absolute atomic E-state index is 0.271. The molecule has 1 aliphatic carbocycles. The van der Waals surface area contributed by atoms with Gasteiger partial charge in [-0.1, -0.05) is 50.1 Å². The maximum absolute atomic E-state index is 12.5. The van der Waals surface area contributed by atoms with Crippen LogP contribution in [0.3, 0.4) is 0 Å². The van der Waals surface area contributed by atoms with E-state index in [4.69, 9.17) is 0 Å². The highest BCUT2D eigenvalue weighted by molar-refractivity contribution is 6.03. The summed E-state index contributed by atoms with van der Waals surface area (Å²) in [5, 5.41) is 3.41. The number of Topliss-reactive ketones (excluding diaryl/α,β-unsaturated/α-hetero) is 1. The van der Waals surface area contributed by atoms with Crippen molar-refractivity contribution >= 4 is 5.78 Å². The van der Waals surface area contributed by atoms with Crippen molar-refractivity contribution in [2.24, 2.45) is 0 Å². The lowest BCUT2D eigenvalue weighted by Crippen LogP contribution is -2.49. The number of carbonyl (C=O) groups is 1. The highest BCUT2D eigenvalue weighted by atomic mass is 16.1. The minimum atomic E-state index is -0.282. The van der Waals surface area contributed by atoms with Crippen molar-refractivity contribution in [1.82, 2.24) is 5.32 Å². The molecule has 2 nitrogen and oxygen atoms in total. The molecular weight excluding hydrogens is 198 g/mol. The monoisotopic (exact) mass is 217 g/mol. The molecule has 1 N–H and O–H groups in total. The summed E-state index contributed by atoms with van der Waals surface area (Å²) < 4.78 is 0. The van der Waals surface area contributed by atoms with Gasteiger partial charge in [-0.3, -0.25) is 4.79 Å². The number of likely N-dealkylation sites (N-methyl/N-ethyl adjacent to an activating group) is 1. The van der Waals surface area contributed by atoms with Crippen molar-refractivity contribution in [2.75, 3.05) is 6.54 Å². The molecule has 2 rings (SSSR count). The molecule has 1 saturated carbocycles. The van der Waals surface area contributed by atoms with Crippen LogP contribution in [0.1, 0.15) is 43.0 Å². The van der Waals surface area contributed by atoms with E-state index in [0.717, 1.165) is 37.8 Å². The smallest absolute Gasteiger partial charge is 0.182 e. The summed E-state index contributed by atoms with van der Waals surface area (Å²) in [5.41, 5.74) is 0.557. The Bertz CT molecular complexity index is 352. The average Bonchev–Trinajstić information content (AvgIpc) is 2.80. The molecule has 0 heterocycles. The first-order valence-corrected chi connectivity index (χ1v) is 6.13. The van der Waals surface area contributed by atoms with Crippen LogP contribution in [0.15, 0.2) is 30.3 Å². The van der Waals surface area contributed by atoms with Gasteiger partial charge in [0.15, 0.2) is 5.78 Å². The second-order valence-electron chi connectivity index (χ2n) is 4.51. The van der Waals surface area contributed by atoms with Crippen LogP contribution in [0.4, 0.5) is 0 Å². The maximum atomic E-state index is 12.5. The van der Waals surface area contributed by atoms with Gasteiger partial charge in [-0.25, -0.2) is 0 Å². The third kappa shape index (κ3) is 2.03. The van der Waals surface area contributed by atoms with Crippen molar-refractivity contribution in [2.45, 2.75) is 38.1 Å². The number of nitrogens with one attached hydrogen (secondary N) is 1. The zero-order valence-electron chi connectivity index (χ0n) is 9.83. The second kappa shape index (κ2) is 4.79. The maximum Gasteiger partial charge on any atom is 0.182 e. The van der Waals surface area contributed by atoms with E-state index in [1.54, 1.807) is 0 Å². The Balaban J connectivity index is 2.24. The Hall–Kier alpha value is -1.15. The van der Waals surface area contributed by atoms with Crippen LogP contribution < -0.4 is 5.32 Å². The largest absolute Gasteiger partial charge is 0.305 e. The van der Waals surface area contributed by atoms with E-state index >= 15 is 0 Å². The number of hydrogen-bond donors (Lipinski definition) is 1. The number of ketones is 1. The van der Waals surface area contributed by atoms with Gasteiger partial charge in [-0.15, -0.1) is 0 Å². The van der Waals surface area contributed by atoms with Gasteiger partial charge in [0.25, 0.3) is 0 Å². The average molecular weight is 217 g/mol. The molecule has 1 aliphatic rings. The van der Waals surface area contributed by atoms with Crippen molar-refractivity contribution < 1.29 is 4.79 Å². The number of hydrogen-bond acceptors (Lipinski definition) is 2. The van der Waals surface area contributed by atoms with E-state index in [1.165, 1.54) is 0 Å². The first-order chi connectivity index (χ1) is 7.78. The number of benzene rings is 1. The van der Waals surface area contributed by atoms with Crippen LogP contribution in [-0.2, 0) is 0 Å². The topological polar surface area (TPSA) is 29.1 Å². The van der Waals surface area contributed by atoms with E-state index in [2.05, 4.69) is 12.2 Å². The van der Waals surface area contributed by atoms with E-state index in [9.17, 15) is 4.79 Å². The predicted octanol–water partition coefficient (Wildman–Crippen LogP) is 2.79. The summed E-state index contributed by atoms with van der Waals surface area (Å²) in [6.07, 6.45) is 4.28. The summed E-state index contributed by atoms with van der Waals surface area (Å²) in [6, 6.07) is 9.65. The Morgan fingerprint density at radius 2 is 1.88 bits per heavy atom. The van der Waals surface area contributed by atoms with Gasteiger partial charge >= 0.3 is 0 Å². The van der Waals surface area contributed by atoms with Crippen LogP contribution in [0.2, 0.25) is 0 Å². The molecule has 0 aromatic heterocycles. The molecule has 0 unspecified atom stereocenters. The van der Waals surface area contributed by atoms with Crippen LogP contribution in [0.25, 0.3) is 0 Å². The van der Waals surface area contributed by atoms with Crippen molar-refractivity contribution in [3.8, 4) is 0 Å². The third-order valence-electron chi connectivity index (χ3n) is 3.44. The summed E-state index contributed by atoms with van der Waals surface area (Å²) in [5.74, 6) is 0.271. The Morgan fingerprint density at radius 3 is 2.44 bits per heavy atom. The standard InChI is InChI=1S/C14H19NO/c1-2-15-14(10-6-7-11-14)13(16)12-8-4-3-5-9-12/h3-5,8-9,15H,2,6-7,10-11H2,1H3. The fraction of sp³-hybridized carbons (Fsp3) is 0.500. The van der Waals surface area contributed by atoms with E-state index in [1.807, 2.05) is 30.3 Å². The molecule has 0 atom stereocenters. The highest BCUT2D eigenvalue weighted by Crippen LogP contribution is 2.32. The van der Waals surface area contributed by atoms with Gasteiger partial charge in [0.1, 0.15) is 0 Å². The lowest BCUT2D eigenvalue weighted by atomic mass is 9.87. The van der Waals surface area contributed by atoms with E-state index < -0.39 is 0 Å². The van der Waals surface area contributed by atoms with Gasteiger partial charge in [0, 0.05) is 5.56 Å². The van der Waals surface area contributed by atoms with E-state index in [-0.39, 0.29) is 11.3 Å². The molecule has 0 saturated heterocycles. The van der Waals surface area contributed by atoms with Crippen LogP contribution in [0, 0.1) is 0 Å². The fourth-order valence-electron chi connectivity index (χ4n) is 2.67. The Kier molecular flexibility index (Phi) is 3.39. The van der Waals surface area contributed by atoms with Gasteiger partial charge in [0.2, 0.25) is 0 Å². The second-order valence-corrected chi connectivity index (χ2v) is 4.51. The predicted molar refractivity (Wildman–Crippen MR) is 65.6 cm³/mol. The molecule has 1 fully saturated rings. The van der Waals surface area contributed by atoms with Gasteiger partial charge < -0.3 is 5.32 Å². The van der Waals surface area contributed by atoms with Crippen molar-refractivity contribution in [1.29, 1.82) is 0 Å². The molecular formula is C14H19NO. The molecule has 0 bridgehead atoms. The molecule has 0 amide bonds. The number of carbonyl (C=O) groups excluding carboxylic acids is 1. The molecule has 1 aromatic rings. The van der Waals surface area contributed by atoms with Gasteiger partial charge in [-0.05, 0) is 19.4 Å². The quantitative estimate of drug-likeness (QED) is 0.786. The van der Waals surface area contributed by atoms with Gasteiger partial charge in [0.05, 0.1) is 5.54 Å². The highest BCUT2D eigenvalue weighted by Gasteiger charge is 2.40. The lowest BCUT2D eigenvalue weighted by molar-refractivity contribution is 0.0856. The van der Waals surface area contributed by atoms with Crippen molar-refractivity contribution in [3.63, 3.8) is 0 Å². The number of rotatable bonds is 4. The molecule has 16 heavy (non-hydrogen) atoms. The summed E-state index contributed by atoms with van der Waals surface area (Å²) >= 11 is 0. The summed E-state index contributed by atoms with van der Waals surface area (Å²) in [7, 11) is 0. The third-order valence-corrected chi connectivity index (χ3v) is 3.44. The van der Waals surface area contributed by atoms with Crippen LogP contribution >= 0.6 is 0 Å². The summed E-state index contributed by atoms with van der Waals surface area (Å²) in [6.45, 7) is 2.93. The Morgan fingerprint density at radius 1 is 1.25 bits per heavy atom. The summed E-state index contributed by atoms with van der Waals surface area (Å²) in [4.78, 5) is 12.5.